The van der Waals surface area contributed by atoms with Gasteiger partial charge in [0.25, 0.3) is 0 Å². The summed E-state index contributed by atoms with van der Waals surface area (Å²) in [4.78, 5) is 0. The van der Waals surface area contributed by atoms with Crippen LogP contribution in [0, 0.1) is 5.92 Å². The molecule has 1 rings (SSSR count). The van der Waals surface area contributed by atoms with Crippen molar-refractivity contribution in [3.05, 3.63) is 0 Å². The first kappa shape index (κ1) is 10.9. The van der Waals surface area contributed by atoms with E-state index in [9.17, 15) is 8.42 Å². The molecule has 0 aliphatic carbocycles. The van der Waals surface area contributed by atoms with Crippen molar-refractivity contribution in [2.45, 2.75) is 12.8 Å². The molecule has 1 fully saturated rings. The van der Waals surface area contributed by atoms with Gasteiger partial charge in [-0.05, 0) is 31.8 Å². The Bertz CT molecular complexity index is 245. The third-order valence-corrected chi connectivity index (χ3v) is 3.76. The second kappa shape index (κ2) is 4.39. The molecule has 13 heavy (non-hydrogen) atoms. The predicted molar refractivity (Wildman–Crippen MR) is 53.1 cm³/mol. The Kier molecular flexibility index (Phi) is 3.70. The zero-order chi connectivity index (χ0) is 9.90. The van der Waals surface area contributed by atoms with Gasteiger partial charge in [-0.15, -0.1) is 0 Å². The molecule has 0 radical (unpaired) electrons. The van der Waals surface area contributed by atoms with Gasteiger partial charge in [0, 0.05) is 13.6 Å². The largest absolute Gasteiger partial charge is 0.316 e. The van der Waals surface area contributed by atoms with Gasteiger partial charge < -0.3 is 5.32 Å². The van der Waals surface area contributed by atoms with Crippen LogP contribution in [0.5, 0.6) is 0 Å². The maximum Gasteiger partial charge on any atom is 0.210 e. The lowest BCUT2D eigenvalue weighted by Gasteiger charge is -2.26. The fourth-order valence-corrected chi connectivity index (χ4v) is 2.06. The number of piperidine rings is 1. The first-order chi connectivity index (χ1) is 6.00. The van der Waals surface area contributed by atoms with Gasteiger partial charge in [-0.25, -0.2) is 12.7 Å². The molecule has 0 aromatic carbocycles. The van der Waals surface area contributed by atoms with E-state index in [2.05, 4.69) is 5.32 Å². The van der Waals surface area contributed by atoms with E-state index < -0.39 is 10.0 Å². The van der Waals surface area contributed by atoms with E-state index in [1.807, 2.05) is 0 Å². The fraction of sp³-hybridized carbons (Fsp3) is 1.00. The maximum absolute atomic E-state index is 11.1. The van der Waals surface area contributed by atoms with Gasteiger partial charge >= 0.3 is 0 Å². The highest BCUT2D eigenvalue weighted by Crippen LogP contribution is 2.11. The SMILES string of the molecule is CN(C[C@H]1CCCNC1)S(C)(=O)=O. The Balaban J connectivity index is 2.39. The summed E-state index contributed by atoms with van der Waals surface area (Å²) in [6, 6.07) is 0. The minimum absolute atomic E-state index is 0.480. The monoisotopic (exact) mass is 206 g/mol. The highest BCUT2D eigenvalue weighted by molar-refractivity contribution is 7.88. The Morgan fingerprint density at radius 2 is 2.23 bits per heavy atom. The summed E-state index contributed by atoms with van der Waals surface area (Å²) in [5.41, 5.74) is 0. The lowest BCUT2D eigenvalue weighted by Crippen LogP contribution is -2.38. The van der Waals surface area contributed by atoms with Gasteiger partial charge in [0.15, 0.2) is 0 Å². The van der Waals surface area contributed by atoms with Gasteiger partial charge in [-0.3, -0.25) is 0 Å². The molecule has 0 unspecified atom stereocenters. The molecule has 1 aliphatic heterocycles. The summed E-state index contributed by atoms with van der Waals surface area (Å²) in [5.74, 6) is 0.480. The van der Waals surface area contributed by atoms with Crippen LogP contribution in [0.25, 0.3) is 0 Å². The predicted octanol–water partition coefficient (Wildman–Crippen LogP) is -0.123. The molecule has 1 saturated heterocycles. The maximum atomic E-state index is 11.1. The summed E-state index contributed by atoms with van der Waals surface area (Å²) in [7, 11) is -1.35. The van der Waals surface area contributed by atoms with Crippen LogP contribution in [0.3, 0.4) is 0 Å². The minimum atomic E-state index is -3.00. The minimum Gasteiger partial charge on any atom is -0.316 e. The lowest BCUT2D eigenvalue weighted by atomic mass is 10.00. The second-order valence-electron chi connectivity index (χ2n) is 3.76. The van der Waals surface area contributed by atoms with Gasteiger partial charge in [0.1, 0.15) is 0 Å². The molecule has 1 heterocycles. The molecule has 1 atom stereocenters. The topological polar surface area (TPSA) is 49.4 Å². The molecular weight excluding hydrogens is 188 g/mol. The Morgan fingerprint density at radius 3 is 2.69 bits per heavy atom. The van der Waals surface area contributed by atoms with Crippen LogP contribution in [0.4, 0.5) is 0 Å². The van der Waals surface area contributed by atoms with Crippen LogP contribution >= 0.6 is 0 Å². The average molecular weight is 206 g/mol. The van der Waals surface area contributed by atoms with E-state index in [0.29, 0.717) is 12.5 Å². The normalized spacial score (nSPS) is 25.0. The molecule has 0 spiro atoms. The van der Waals surface area contributed by atoms with E-state index in [0.717, 1.165) is 25.9 Å². The molecule has 1 aliphatic rings. The molecule has 0 bridgehead atoms. The van der Waals surface area contributed by atoms with Gasteiger partial charge in [0.2, 0.25) is 10.0 Å². The van der Waals surface area contributed by atoms with Gasteiger partial charge in [0.05, 0.1) is 6.26 Å². The van der Waals surface area contributed by atoms with E-state index in [1.165, 1.54) is 10.6 Å². The summed E-state index contributed by atoms with van der Waals surface area (Å²) >= 11 is 0. The van der Waals surface area contributed by atoms with Crippen LogP contribution in [0.1, 0.15) is 12.8 Å². The first-order valence-corrected chi connectivity index (χ1v) is 6.47. The lowest BCUT2D eigenvalue weighted by molar-refractivity contribution is 0.316. The number of sulfonamides is 1. The fourth-order valence-electron chi connectivity index (χ4n) is 1.58. The molecule has 0 saturated carbocycles. The number of nitrogens with one attached hydrogen (secondary N) is 1. The molecular formula is C8H18N2O2S. The Hall–Kier alpha value is -0.130. The second-order valence-corrected chi connectivity index (χ2v) is 5.85. The quantitative estimate of drug-likeness (QED) is 0.700. The molecule has 1 N–H and O–H groups in total. The zero-order valence-electron chi connectivity index (χ0n) is 8.28. The van der Waals surface area contributed by atoms with Crippen LogP contribution in [-0.2, 0) is 10.0 Å². The first-order valence-electron chi connectivity index (χ1n) is 4.62. The molecule has 0 amide bonds. The number of hydrogen-bond donors (Lipinski definition) is 1. The van der Waals surface area contributed by atoms with Crippen molar-refractivity contribution in [1.82, 2.24) is 9.62 Å². The highest BCUT2D eigenvalue weighted by Gasteiger charge is 2.19. The van der Waals surface area contributed by atoms with Gasteiger partial charge in [-0.2, -0.15) is 0 Å². The van der Waals surface area contributed by atoms with Crippen molar-refractivity contribution in [2.75, 3.05) is 32.9 Å². The molecule has 0 aromatic rings. The summed E-state index contributed by atoms with van der Waals surface area (Å²) in [6.07, 6.45) is 3.54. The van der Waals surface area contributed by atoms with Crippen molar-refractivity contribution < 1.29 is 8.42 Å². The van der Waals surface area contributed by atoms with Crippen molar-refractivity contribution in [2.24, 2.45) is 5.92 Å². The molecule has 0 aromatic heterocycles. The number of hydrogen-bond acceptors (Lipinski definition) is 3. The van der Waals surface area contributed by atoms with Crippen molar-refractivity contribution >= 4 is 10.0 Å². The van der Waals surface area contributed by atoms with Crippen LogP contribution in [0.15, 0.2) is 0 Å². The number of rotatable bonds is 3. The molecule has 78 valence electrons. The van der Waals surface area contributed by atoms with Crippen molar-refractivity contribution in [1.29, 1.82) is 0 Å². The Labute approximate surface area is 80.4 Å². The Morgan fingerprint density at radius 1 is 1.54 bits per heavy atom. The smallest absolute Gasteiger partial charge is 0.210 e. The summed E-state index contributed by atoms with van der Waals surface area (Å²) < 4.78 is 23.7. The highest BCUT2D eigenvalue weighted by atomic mass is 32.2. The van der Waals surface area contributed by atoms with Crippen molar-refractivity contribution in [3.63, 3.8) is 0 Å². The third-order valence-electron chi connectivity index (χ3n) is 2.48. The van der Waals surface area contributed by atoms with Crippen molar-refractivity contribution in [3.8, 4) is 0 Å². The average Bonchev–Trinajstić information content (AvgIpc) is 2.04. The zero-order valence-corrected chi connectivity index (χ0v) is 9.10. The van der Waals surface area contributed by atoms with Gasteiger partial charge in [-0.1, -0.05) is 0 Å². The molecule has 4 nitrogen and oxygen atoms in total. The molecule has 5 heteroatoms. The third kappa shape index (κ3) is 3.62. The van der Waals surface area contributed by atoms with E-state index in [4.69, 9.17) is 0 Å². The number of nitrogens with zero attached hydrogens (tertiary/aromatic N) is 1. The summed E-state index contributed by atoms with van der Waals surface area (Å²) in [5, 5.41) is 3.27. The van der Waals surface area contributed by atoms with E-state index in [-0.39, 0.29) is 0 Å². The van der Waals surface area contributed by atoms with Crippen LogP contribution < -0.4 is 5.32 Å². The summed E-state index contributed by atoms with van der Waals surface area (Å²) in [6.45, 7) is 2.66. The van der Waals surface area contributed by atoms with Crippen LogP contribution in [-0.4, -0.2) is 45.7 Å². The van der Waals surface area contributed by atoms with E-state index in [1.54, 1.807) is 7.05 Å². The standard InChI is InChI=1S/C8H18N2O2S/c1-10(13(2,11)12)7-8-4-3-5-9-6-8/h8-9H,3-7H2,1-2H3/t8-/m0/s1. The van der Waals surface area contributed by atoms with E-state index >= 15 is 0 Å². The van der Waals surface area contributed by atoms with Crippen LogP contribution in [0.2, 0.25) is 0 Å².